The number of carbonyl (C=O) groups is 2. The monoisotopic (exact) mass is 311 g/mol. The van der Waals surface area contributed by atoms with Crippen molar-refractivity contribution < 1.29 is 19.8 Å². The molecule has 1 amide bonds. The first-order valence-corrected chi connectivity index (χ1v) is 5.68. The molecule has 0 aromatic heterocycles. The number of aliphatic carboxylic acids is 1. The van der Waals surface area contributed by atoms with Crippen LogP contribution in [0.1, 0.15) is 10.4 Å². The molecule has 1 rings (SSSR count). The van der Waals surface area contributed by atoms with Crippen molar-refractivity contribution in [1.82, 2.24) is 4.90 Å². The second-order valence-electron chi connectivity index (χ2n) is 3.42. The third-order valence-electron chi connectivity index (χ3n) is 2.09. The minimum absolute atomic E-state index is 0.00898. The molecular weight excluding hydrogens is 302 g/mol. The summed E-state index contributed by atoms with van der Waals surface area (Å²) >= 11 is 3.14. The van der Waals surface area contributed by atoms with Gasteiger partial charge in [-0.2, -0.15) is 0 Å². The number of phenols is 1. The van der Waals surface area contributed by atoms with Crippen LogP contribution in [0, 0.1) is 12.3 Å². The molecule has 0 aliphatic rings. The van der Waals surface area contributed by atoms with Crippen molar-refractivity contribution >= 4 is 27.8 Å². The number of hydrogen-bond donors (Lipinski definition) is 2. The summed E-state index contributed by atoms with van der Waals surface area (Å²) < 4.78 is 0.610. The Kier molecular flexibility index (Phi) is 4.75. The van der Waals surface area contributed by atoms with E-state index in [9.17, 15) is 14.7 Å². The number of terminal acetylenes is 1. The van der Waals surface area contributed by atoms with Crippen molar-refractivity contribution in [2.45, 2.75) is 0 Å². The van der Waals surface area contributed by atoms with Crippen molar-refractivity contribution in [3.8, 4) is 18.1 Å². The highest BCUT2D eigenvalue weighted by molar-refractivity contribution is 9.10. The second kappa shape index (κ2) is 6.07. The predicted molar refractivity (Wildman–Crippen MR) is 68.2 cm³/mol. The summed E-state index contributed by atoms with van der Waals surface area (Å²) in [7, 11) is 0. The lowest BCUT2D eigenvalue weighted by Gasteiger charge is -2.18. The van der Waals surface area contributed by atoms with Crippen molar-refractivity contribution in [1.29, 1.82) is 0 Å². The van der Waals surface area contributed by atoms with Crippen molar-refractivity contribution in [3.63, 3.8) is 0 Å². The number of rotatable bonds is 4. The molecule has 1 aromatic rings. The summed E-state index contributed by atoms with van der Waals surface area (Å²) in [5, 5.41) is 18.3. The summed E-state index contributed by atoms with van der Waals surface area (Å²) in [5.41, 5.74) is 0.00898. The summed E-state index contributed by atoms with van der Waals surface area (Å²) in [6.07, 6.45) is 5.08. The van der Waals surface area contributed by atoms with Crippen LogP contribution in [-0.4, -0.2) is 40.1 Å². The van der Waals surface area contributed by atoms with Crippen molar-refractivity contribution in [3.05, 3.63) is 28.2 Å². The Labute approximate surface area is 112 Å². The lowest BCUT2D eigenvalue weighted by atomic mass is 10.1. The summed E-state index contributed by atoms with van der Waals surface area (Å²) in [5.74, 6) is 0.175. The highest BCUT2D eigenvalue weighted by Gasteiger charge is 2.20. The predicted octanol–water partition coefficient (Wildman–Crippen LogP) is 1.31. The molecule has 94 valence electrons. The Morgan fingerprint density at radius 1 is 1.44 bits per heavy atom. The van der Waals surface area contributed by atoms with E-state index in [4.69, 9.17) is 11.5 Å². The topological polar surface area (TPSA) is 77.8 Å². The average Bonchev–Trinajstić information content (AvgIpc) is 2.27. The molecule has 0 fully saturated rings. The number of amides is 1. The Morgan fingerprint density at radius 3 is 2.61 bits per heavy atom. The number of hydrogen-bond acceptors (Lipinski definition) is 3. The van der Waals surface area contributed by atoms with Gasteiger partial charge in [0.2, 0.25) is 0 Å². The zero-order valence-electron chi connectivity index (χ0n) is 9.26. The van der Waals surface area contributed by atoms with Gasteiger partial charge in [0.1, 0.15) is 12.3 Å². The van der Waals surface area contributed by atoms with Crippen LogP contribution < -0.4 is 0 Å². The van der Waals surface area contributed by atoms with Crippen LogP contribution in [0.2, 0.25) is 0 Å². The molecule has 0 aliphatic carbocycles. The van der Waals surface area contributed by atoms with Crippen LogP contribution >= 0.6 is 15.9 Å². The molecule has 0 bridgehead atoms. The van der Waals surface area contributed by atoms with E-state index in [2.05, 4.69) is 21.9 Å². The number of phenolic OH excluding ortho intramolecular Hbond substituents is 1. The van der Waals surface area contributed by atoms with Gasteiger partial charge >= 0.3 is 5.97 Å². The van der Waals surface area contributed by atoms with Gasteiger partial charge in [-0.05, 0) is 18.2 Å². The molecule has 0 unspecified atom stereocenters. The molecule has 0 saturated carbocycles. The van der Waals surface area contributed by atoms with Crippen LogP contribution in [0.15, 0.2) is 22.7 Å². The van der Waals surface area contributed by atoms with E-state index < -0.39 is 18.4 Å². The maximum atomic E-state index is 12.0. The van der Waals surface area contributed by atoms with Gasteiger partial charge in [0, 0.05) is 4.47 Å². The first kappa shape index (κ1) is 14.1. The molecule has 18 heavy (non-hydrogen) atoms. The zero-order chi connectivity index (χ0) is 13.7. The van der Waals surface area contributed by atoms with E-state index in [-0.39, 0.29) is 17.9 Å². The zero-order valence-corrected chi connectivity index (χ0v) is 10.8. The highest BCUT2D eigenvalue weighted by Crippen LogP contribution is 2.23. The van der Waals surface area contributed by atoms with Gasteiger partial charge in [0.25, 0.3) is 5.91 Å². The van der Waals surface area contributed by atoms with E-state index in [0.717, 1.165) is 4.90 Å². The van der Waals surface area contributed by atoms with E-state index in [1.54, 1.807) is 6.07 Å². The lowest BCUT2D eigenvalue weighted by molar-refractivity contribution is -0.137. The fourth-order valence-corrected chi connectivity index (χ4v) is 1.68. The van der Waals surface area contributed by atoms with Gasteiger partial charge in [0.15, 0.2) is 0 Å². The standard InChI is InChI=1S/C12H10BrNO4/c1-2-5-14(7-11(16)17)12(18)9-4-3-8(13)6-10(9)15/h1,3-4,6,15H,5,7H2,(H,16,17). The quantitative estimate of drug-likeness (QED) is 0.822. The molecule has 0 saturated heterocycles. The van der Waals surface area contributed by atoms with E-state index in [0.29, 0.717) is 4.47 Å². The van der Waals surface area contributed by atoms with Crippen molar-refractivity contribution in [2.24, 2.45) is 0 Å². The number of carbonyl (C=O) groups excluding carboxylic acids is 1. The molecule has 0 aliphatic heterocycles. The number of halogens is 1. The minimum Gasteiger partial charge on any atom is -0.507 e. The first-order valence-electron chi connectivity index (χ1n) is 4.88. The third kappa shape index (κ3) is 3.50. The van der Waals surface area contributed by atoms with Crippen LogP contribution in [0.3, 0.4) is 0 Å². The Morgan fingerprint density at radius 2 is 2.11 bits per heavy atom. The Bertz CT molecular complexity index is 521. The van der Waals surface area contributed by atoms with E-state index >= 15 is 0 Å². The molecule has 0 radical (unpaired) electrons. The Balaban J connectivity index is 3.02. The number of carboxylic acids is 1. The van der Waals surface area contributed by atoms with E-state index in [1.165, 1.54) is 12.1 Å². The molecule has 5 nitrogen and oxygen atoms in total. The maximum absolute atomic E-state index is 12.0. The van der Waals surface area contributed by atoms with Gasteiger partial charge in [-0.3, -0.25) is 9.59 Å². The van der Waals surface area contributed by atoms with Gasteiger partial charge < -0.3 is 15.1 Å². The van der Waals surface area contributed by atoms with Gasteiger partial charge in [0.05, 0.1) is 12.1 Å². The molecule has 0 spiro atoms. The summed E-state index contributed by atoms with van der Waals surface area (Å²) in [6.45, 7) is -0.654. The van der Waals surface area contributed by atoms with Gasteiger partial charge in [-0.15, -0.1) is 6.42 Å². The van der Waals surface area contributed by atoms with Crippen LogP contribution in [0.5, 0.6) is 5.75 Å². The molecule has 1 aromatic carbocycles. The number of aromatic hydroxyl groups is 1. The van der Waals surface area contributed by atoms with Crippen molar-refractivity contribution in [2.75, 3.05) is 13.1 Å². The number of carboxylic acid groups (broad SMARTS) is 1. The number of nitrogens with zero attached hydrogens (tertiary/aromatic N) is 1. The smallest absolute Gasteiger partial charge is 0.323 e. The molecule has 6 heteroatoms. The third-order valence-corrected chi connectivity index (χ3v) is 2.58. The highest BCUT2D eigenvalue weighted by atomic mass is 79.9. The summed E-state index contributed by atoms with van der Waals surface area (Å²) in [6, 6.07) is 4.32. The molecule has 2 N–H and O–H groups in total. The van der Waals surface area contributed by atoms with Gasteiger partial charge in [-0.1, -0.05) is 21.9 Å². The SMILES string of the molecule is C#CCN(CC(=O)O)C(=O)c1ccc(Br)cc1O. The van der Waals surface area contributed by atoms with E-state index in [1.807, 2.05) is 0 Å². The average molecular weight is 312 g/mol. The maximum Gasteiger partial charge on any atom is 0.323 e. The normalized spacial score (nSPS) is 9.56. The lowest BCUT2D eigenvalue weighted by Crippen LogP contribution is -2.36. The van der Waals surface area contributed by atoms with Crippen LogP contribution in [0.4, 0.5) is 0 Å². The largest absolute Gasteiger partial charge is 0.507 e. The second-order valence-corrected chi connectivity index (χ2v) is 4.34. The fraction of sp³-hybridized carbons (Fsp3) is 0.167. The minimum atomic E-state index is -1.17. The fourth-order valence-electron chi connectivity index (χ4n) is 1.33. The molecular formula is C12H10BrNO4. The summed E-state index contributed by atoms with van der Waals surface area (Å²) in [4.78, 5) is 23.6. The number of benzene rings is 1. The Hall–Kier alpha value is -2.00. The van der Waals surface area contributed by atoms with Crippen LogP contribution in [-0.2, 0) is 4.79 Å². The first-order chi connectivity index (χ1) is 8.45. The molecule has 0 heterocycles. The molecule has 0 atom stereocenters. The van der Waals surface area contributed by atoms with Crippen LogP contribution in [0.25, 0.3) is 0 Å². The van der Waals surface area contributed by atoms with Gasteiger partial charge in [-0.25, -0.2) is 0 Å².